The first-order chi connectivity index (χ1) is 14.8. The van der Waals surface area contributed by atoms with Gasteiger partial charge in [0.15, 0.2) is 9.84 Å². The number of amides is 1. The monoisotopic (exact) mass is 487 g/mol. The number of halogens is 1. The van der Waals surface area contributed by atoms with Gasteiger partial charge in [-0.1, -0.05) is 44.7 Å². The van der Waals surface area contributed by atoms with Gasteiger partial charge in [-0.2, -0.15) is 0 Å². The van der Waals surface area contributed by atoms with Crippen molar-refractivity contribution in [2.75, 3.05) is 31.3 Å². The molecule has 0 aliphatic heterocycles. The fourth-order valence-corrected chi connectivity index (χ4v) is 6.59. The Kier molecular flexibility index (Phi) is 10.3. The molecule has 2 fully saturated rings. The van der Waals surface area contributed by atoms with Crippen LogP contribution in [-0.4, -0.2) is 50.7 Å². The number of aliphatic hydroxyl groups excluding tert-OH is 1. The lowest BCUT2D eigenvalue weighted by atomic mass is 9.62. The molecular formula is C24H38ClNO5S. The third kappa shape index (κ3) is 7.63. The standard InChI is InChI=1S/C23H34ClNO5S.CH4/c24-21-8-7-19(30-12-4-14-31(28,29)13-3-11-26)15-20(21)22(27)25-17-23-9-1-5-18(16-23)6-2-10-23;/h7-8,15,18,26H,1-6,9-14,16-17H2,(H,25,27);1H4. The molecule has 0 heterocycles. The fourth-order valence-electron chi connectivity index (χ4n) is 5.06. The summed E-state index contributed by atoms with van der Waals surface area (Å²) in [5.41, 5.74) is 0.619. The van der Waals surface area contributed by atoms with Gasteiger partial charge in [0.05, 0.1) is 28.7 Å². The Morgan fingerprint density at radius 3 is 2.56 bits per heavy atom. The van der Waals surface area contributed by atoms with Crippen molar-refractivity contribution in [1.82, 2.24) is 5.32 Å². The van der Waals surface area contributed by atoms with Crippen molar-refractivity contribution in [3.63, 3.8) is 0 Å². The van der Waals surface area contributed by atoms with E-state index in [4.69, 9.17) is 21.4 Å². The van der Waals surface area contributed by atoms with E-state index in [1.807, 2.05) is 0 Å². The van der Waals surface area contributed by atoms with Crippen molar-refractivity contribution >= 4 is 27.3 Å². The minimum absolute atomic E-state index is 0. The number of rotatable bonds is 11. The highest BCUT2D eigenvalue weighted by Gasteiger charge is 2.39. The molecule has 0 spiro atoms. The number of hydrogen-bond acceptors (Lipinski definition) is 5. The zero-order valence-corrected chi connectivity index (χ0v) is 19.6. The first kappa shape index (κ1) is 26.9. The van der Waals surface area contributed by atoms with Gasteiger partial charge in [0.25, 0.3) is 5.91 Å². The Balaban J connectivity index is 0.00000363. The highest BCUT2D eigenvalue weighted by atomic mass is 35.5. The SMILES string of the molecule is C.O=C(NCC12CCCC(CCC1)C2)c1cc(OCCCS(=O)(=O)CCCO)ccc1Cl. The molecule has 6 nitrogen and oxygen atoms in total. The van der Waals surface area contributed by atoms with Crippen molar-refractivity contribution in [2.45, 2.75) is 65.2 Å². The highest BCUT2D eigenvalue weighted by Crippen LogP contribution is 2.48. The summed E-state index contributed by atoms with van der Waals surface area (Å²) < 4.78 is 29.3. The summed E-state index contributed by atoms with van der Waals surface area (Å²) in [6, 6.07) is 4.95. The van der Waals surface area contributed by atoms with E-state index >= 15 is 0 Å². The van der Waals surface area contributed by atoms with Gasteiger partial charge in [-0.25, -0.2) is 8.42 Å². The molecule has 2 aliphatic carbocycles. The Morgan fingerprint density at radius 1 is 1.19 bits per heavy atom. The van der Waals surface area contributed by atoms with E-state index in [9.17, 15) is 13.2 Å². The molecule has 0 atom stereocenters. The lowest BCUT2D eigenvalue weighted by Gasteiger charge is -2.45. The Labute approximate surface area is 198 Å². The quantitative estimate of drug-likeness (QED) is 0.444. The van der Waals surface area contributed by atoms with Crippen LogP contribution in [0, 0.1) is 11.3 Å². The first-order valence-electron chi connectivity index (χ1n) is 11.3. The third-order valence-electron chi connectivity index (χ3n) is 6.65. The van der Waals surface area contributed by atoms with Gasteiger partial charge in [0, 0.05) is 13.2 Å². The van der Waals surface area contributed by atoms with Crippen molar-refractivity contribution in [1.29, 1.82) is 0 Å². The van der Waals surface area contributed by atoms with Gasteiger partial charge in [-0.3, -0.25) is 4.79 Å². The molecule has 0 unspecified atom stereocenters. The maximum absolute atomic E-state index is 12.8. The Hall–Kier alpha value is -1.31. The van der Waals surface area contributed by atoms with Crippen molar-refractivity contribution < 1.29 is 23.1 Å². The van der Waals surface area contributed by atoms with Gasteiger partial charge in [0.2, 0.25) is 0 Å². The third-order valence-corrected chi connectivity index (χ3v) is 8.80. The number of fused-ring (bicyclic) bond motifs is 2. The van der Waals surface area contributed by atoms with Gasteiger partial charge >= 0.3 is 0 Å². The van der Waals surface area contributed by atoms with Crippen molar-refractivity contribution in [2.24, 2.45) is 11.3 Å². The van der Waals surface area contributed by atoms with Crippen LogP contribution < -0.4 is 10.1 Å². The van der Waals surface area contributed by atoms with Gasteiger partial charge in [0.1, 0.15) is 5.75 Å². The van der Waals surface area contributed by atoms with Crippen LogP contribution in [0.5, 0.6) is 5.75 Å². The van der Waals surface area contributed by atoms with E-state index in [1.54, 1.807) is 18.2 Å². The molecule has 2 bridgehead atoms. The average molecular weight is 488 g/mol. The predicted octanol–water partition coefficient (Wildman–Crippen LogP) is 4.63. The van der Waals surface area contributed by atoms with Crippen LogP contribution >= 0.6 is 11.6 Å². The van der Waals surface area contributed by atoms with E-state index < -0.39 is 9.84 Å². The summed E-state index contributed by atoms with van der Waals surface area (Å²) in [6.45, 7) is 0.786. The number of sulfone groups is 1. The maximum atomic E-state index is 12.8. The number of ether oxygens (including phenoxy) is 1. The summed E-state index contributed by atoms with van der Waals surface area (Å²) >= 11 is 6.27. The minimum Gasteiger partial charge on any atom is -0.494 e. The Bertz CT molecular complexity index is 848. The molecule has 1 amide bonds. The molecule has 0 radical (unpaired) electrons. The molecule has 1 aromatic rings. The van der Waals surface area contributed by atoms with Crippen molar-refractivity contribution in [3.05, 3.63) is 28.8 Å². The number of carbonyl (C=O) groups excluding carboxylic acids is 1. The maximum Gasteiger partial charge on any atom is 0.252 e. The summed E-state index contributed by atoms with van der Waals surface area (Å²) in [6.07, 6.45) is 9.32. The lowest BCUT2D eigenvalue weighted by molar-refractivity contribution is 0.0681. The predicted molar refractivity (Wildman–Crippen MR) is 129 cm³/mol. The molecule has 1 aromatic carbocycles. The average Bonchev–Trinajstić information content (AvgIpc) is 2.75. The molecular weight excluding hydrogens is 450 g/mol. The lowest BCUT2D eigenvalue weighted by Crippen LogP contribution is -2.43. The van der Waals surface area contributed by atoms with Crippen LogP contribution in [0.25, 0.3) is 0 Å². The largest absolute Gasteiger partial charge is 0.494 e. The minimum atomic E-state index is -3.18. The van der Waals surface area contributed by atoms with Gasteiger partial charge < -0.3 is 15.2 Å². The smallest absolute Gasteiger partial charge is 0.252 e. The van der Waals surface area contributed by atoms with Crippen molar-refractivity contribution in [3.8, 4) is 5.75 Å². The van der Waals surface area contributed by atoms with Gasteiger partial charge in [-0.15, -0.1) is 0 Å². The molecule has 8 heteroatoms. The number of hydrogen-bond donors (Lipinski definition) is 2. The number of nitrogens with one attached hydrogen (secondary N) is 1. The summed E-state index contributed by atoms with van der Waals surface area (Å²) in [7, 11) is -3.18. The molecule has 182 valence electrons. The topological polar surface area (TPSA) is 92.7 Å². The van der Waals surface area contributed by atoms with Crippen LogP contribution in [-0.2, 0) is 9.84 Å². The van der Waals surface area contributed by atoms with E-state index in [0.717, 1.165) is 5.92 Å². The number of carbonyl (C=O) groups is 1. The Morgan fingerprint density at radius 2 is 1.88 bits per heavy atom. The van der Waals surface area contributed by atoms with Crippen LogP contribution in [0.4, 0.5) is 0 Å². The first-order valence-corrected chi connectivity index (χ1v) is 13.5. The van der Waals surface area contributed by atoms with Crippen LogP contribution in [0.15, 0.2) is 18.2 Å². The molecule has 3 rings (SSSR count). The highest BCUT2D eigenvalue weighted by molar-refractivity contribution is 7.91. The second kappa shape index (κ2) is 12.2. The van der Waals surface area contributed by atoms with E-state index in [0.29, 0.717) is 29.3 Å². The number of benzene rings is 1. The van der Waals surface area contributed by atoms with Gasteiger partial charge in [-0.05, 0) is 61.6 Å². The number of aliphatic hydroxyl groups is 1. The zero-order valence-electron chi connectivity index (χ0n) is 18.1. The van der Waals surface area contributed by atoms with Crippen LogP contribution in [0.3, 0.4) is 0 Å². The second-order valence-corrected chi connectivity index (χ2v) is 11.8. The normalized spacial score (nSPS) is 22.6. The van der Waals surface area contributed by atoms with E-state index in [-0.39, 0.29) is 49.9 Å². The molecule has 2 aliphatic rings. The summed E-state index contributed by atoms with van der Waals surface area (Å²) in [4.78, 5) is 12.8. The van der Waals surface area contributed by atoms with Crippen LogP contribution in [0.2, 0.25) is 5.02 Å². The molecule has 2 N–H and O–H groups in total. The summed E-state index contributed by atoms with van der Waals surface area (Å²) in [5, 5.41) is 12.3. The molecule has 32 heavy (non-hydrogen) atoms. The van der Waals surface area contributed by atoms with E-state index in [2.05, 4.69) is 5.32 Å². The molecule has 0 aromatic heterocycles. The zero-order chi connectivity index (χ0) is 22.3. The molecule has 2 saturated carbocycles. The van der Waals surface area contributed by atoms with Crippen LogP contribution in [0.1, 0.15) is 75.6 Å². The summed E-state index contributed by atoms with van der Waals surface area (Å²) in [5.74, 6) is 1.11. The second-order valence-electron chi connectivity index (χ2n) is 9.11. The molecule has 0 saturated heterocycles. The van der Waals surface area contributed by atoms with E-state index in [1.165, 1.54) is 44.9 Å². The fraction of sp³-hybridized carbons (Fsp3) is 0.708.